The van der Waals surface area contributed by atoms with Crippen molar-refractivity contribution in [3.63, 3.8) is 0 Å². The van der Waals surface area contributed by atoms with Crippen LogP contribution in [0.2, 0.25) is 0 Å². The Morgan fingerprint density at radius 3 is 2.76 bits per heavy atom. The molecule has 2 aliphatic heterocycles. The number of aryl methyl sites for hydroxylation is 1. The minimum absolute atomic E-state index is 0.280. The summed E-state index contributed by atoms with van der Waals surface area (Å²) in [6, 6.07) is 4.76. The molecule has 4 aromatic rings. The highest BCUT2D eigenvalue weighted by Crippen LogP contribution is 2.39. The van der Waals surface area contributed by atoms with Crippen LogP contribution in [-0.4, -0.2) is 42.9 Å². The van der Waals surface area contributed by atoms with Gasteiger partial charge < -0.3 is 15.6 Å². The number of hydrogen-bond acceptors (Lipinski definition) is 5. The molecule has 7 nitrogen and oxygen atoms in total. The van der Waals surface area contributed by atoms with E-state index < -0.39 is 0 Å². The molecule has 2 bridgehead atoms. The number of piperidine rings is 1. The average molecular weight is 391 g/mol. The Hall–Kier alpha value is -3.00. The van der Waals surface area contributed by atoms with Crippen molar-refractivity contribution in [2.24, 2.45) is 12.8 Å². The van der Waals surface area contributed by atoms with E-state index >= 15 is 4.39 Å². The van der Waals surface area contributed by atoms with Gasteiger partial charge in [-0.05, 0) is 37.8 Å². The lowest BCUT2D eigenvalue weighted by atomic mass is 9.98. The van der Waals surface area contributed by atoms with Gasteiger partial charge in [0.05, 0.1) is 17.1 Å². The molecule has 3 N–H and O–H groups in total. The SMILES string of the molecule is Cn1cc2c(F)c(-c3c[nH]c4nc(N5[C@@H]6CC[C@H]5CC(N)C6)cnc34)ccc2n1. The second-order valence-corrected chi connectivity index (χ2v) is 8.31. The molecule has 3 atom stereocenters. The third-order valence-electron chi connectivity index (χ3n) is 6.43. The smallest absolute Gasteiger partial charge is 0.159 e. The lowest BCUT2D eigenvalue weighted by Crippen LogP contribution is -2.47. The minimum atomic E-state index is -0.287. The summed E-state index contributed by atoms with van der Waals surface area (Å²) in [6.45, 7) is 0. The Bertz CT molecular complexity index is 1230. The van der Waals surface area contributed by atoms with Gasteiger partial charge in [-0.2, -0.15) is 5.10 Å². The van der Waals surface area contributed by atoms with Gasteiger partial charge in [-0.25, -0.2) is 14.4 Å². The predicted octanol–water partition coefficient (Wildman–Crippen LogP) is 3.11. The summed E-state index contributed by atoms with van der Waals surface area (Å²) in [5.74, 6) is 0.596. The Balaban J connectivity index is 1.42. The molecule has 3 aromatic heterocycles. The maximum absolute atomic E-state index is 15.2. The van der Waals surface area contributed by atoms with Crippen molar-refractivity contribution < 1.29 is 4.39 Å². The molecule has 2 aliphatic rings. The molecule has 0 amide bonds. The first-order valence-electron chi connectivity index (χ1n) is 10.1. The van der Waals surface area contributed by atoms with Gasteiger partial charge in [-0.1, -0.05) is 0 Å². The van der Waals surface area contributed by atoms with Crippen molar-refractivity contribution in [3.05, 3.63) is 36.5 Å². The number of fused-ring (bicyclic) bond motifs is 4. The monoisotopic (exact) mass is 391 g/mol. The summed E-state index contributed by atoms with van der Waals surface area (Å²) >= 11 is 0. The molecule has 29 heavy (non-hydrogen) atoms. The molecule has 0 spiro atoms. The number of halogens is 1. The Morgan fingerprint density at radius 2 is 1.97 bits per heavy atom. The zero-order valence-corrected chi connectivity index (χ0v) is 16.1. The number of benzene rings is 1. The quantitative estimate of drug-likeness (QED) is 0.548. The number of aromatic nitrogens is 5. The Morgan fingerprint density at radius 1 is 1.17 bits per heavy atom. The number of nitrogens with zero attached hydrogens (tertiary/aromatic N) is 5. The number of nitrogens with two attached hydrogens (primary N) is 1. The maximum atomic E-state index is 15.2. The summed E-state index contributed by atoms with van der Waals surface area (Å²) in [5, 5.41) is 4.78. The molecular formula is C21H22FN7. The fourth-order valence-corrected chi connectivity index (χ4v) is 5.20. The van der Waals surface area contributed by atoms with Crippen LogP contribution in [0.1, 0.15) is 25.7 Å². The van der Waals surface area contributed by atoms with Crippen LogP contribution in [0.25, 0.3) is 33.2 Å². The second kappa shape index (κ2) is 6.00. The number of aromatic amines is 1. The summed E-state index contributed by atoms with van der Waals surface area (Å²) in [6.07, 6.45) is 9.63. The van der Waals surface area contributed by atoms with Gasteiger partial charge in [0.2, 0.25) is 0 Å². The van der Waals surface area contributed by atoms with E-state index in [-0.39, 0.29) is 11.9 Å². The van der Waals surface area contributed by atoms with Crippen LogP contribution in [0.5, 0.6) is 0 Å². The first kappa shape index (κ1) is 16.9. The first-order valence-corrected chi connectivity index (χ1v) is 10.1. The van der Waals surface area contributed by atoms with E-state index in [2.05, 4.69) is 20.0 Å². The van der Waals surface area contributed by atoms with E-state index in [9.17, 15) is 0 Å². The van der Waals surface area contributed by atoms with Crippen LogP contribution in [-0.2, 0) is 7.05 Å². The van der Waals surface area contributed by atoms with E-state index in [1.807, 2.05) is 12.3 Å². The Labute approximate surface area is 166 Å². The highest BCUT2D eigenvalue weighted by atomic mass is 19.1. The molecule has 2 fully saturated rings. The van der Waals surface area contributed by atoms with E-state index in [4.69, 9.17) is 10.7 Å². The normalized spacial score (nSPS) is 24.1. The highest BCUT2D eigenvalue weighted by molar-refractivity contribution is 5.94. The summed E-state index contributed by atoms with van der Waals surface area (Å²) < 4.78 is 16.8. The second-order valence-electron chi connectivity index (χ2n) is 8.31. The molecule has 5 heterocycles. The number of H-pyrrole nitrogens is 1. The number of hydrogen-bond donors (Lipinski definition) is 2. The zero-order chi connectivity index (χ0) is 19.7. The van der Waals surface area contributed by atoms with Gasteiger partial charge in [0.1, 0.15) is 17.2 Å². The molecule has 2 saturated heterocycles. The molecule has 0 saturated carbocycles. The lowest BCUT2D eigenvalue weighted by Gasteiger charge is -2.38. The molecule has 1 aromatic carbocycles. The van der Waals surface area contributed by atoms with Crippen LogP contribution >= 0.6 is 0 Å². The molecular weight excluding hydrogens is 369 g/mol. The van der Waals surface area contributed by atoms with E-state index in [0.717, 1.165) is 31.5 Å². The van der Waals surface area contributed by atoms with E-state index in [0.29, 0.717) is 45.3 Å². The summed E-state index contributed by atoms with van der Waals surface area (Å²) in [5.41, 5.74) is 9.41. The fraction of sp³-hybridized carbons (Fsp3) is 0.381. The predicted molar refractivity (Wildman–Crippen MR) is 110 cm³/mol. The topological polar surface area (TPSA) is 88.7 Å². The van der Waals surface area contributed by atoms with Gasteiger partial charge in [-0.3, -0.25) is 4.68 Å². The van der Waals surface area contributed by atoms with Crippen molar-refractivity contribution in [1.29, 1.82) is 0 Å². The van der Waals surface area contributed by atoms with Crippen LogP contribution in [0.15, 0.2) is 30.7 Å². The van der Waals surface area contributed by atoms with Crippen molar-refractivity contribution in [2.75, 3.05) is 4.90 Å². The van der Waals surface area contributed by atoms with Gasteiger partial charge in [0.25, 0.3) is 0 Å². The highest BCUT2D eigenvalue weighted by Gasteiger charge is 2.40. The third kappa shape index (κ3) is 2.48. The van der Waals surface area contributed by atoms with Gasteiger partial charge in [0, 0.05) is 48.7 Å². The summed E-state index contributed by atoms with van der Waals surface area (Å²) in [4.78, 5) is 15.1. The van der Waals surface area contributed by atoms with Crippen LogP contribution < -0.4 is 10.6 Å². The molecule has 8 heteroatoms. The zero-order valence-electron chi connectivity index (χ0n) is 16.1. The van der Waals surface area contributed by atoms with Gasteiger partial charge in [0.15, 0.2) is 5.65 Å². The number of anilines is 1. The molecule has 0 radical (unpaired) electrons. The standard InChI is InChI=1S/C21H22FN7/c1-28-10-16-17(27-28)5-4-14(19(16)22)15-8-25-21-20(15)24-9-18(26-21)29-12-2-3-13(29)7-11(23)6-12/h4-5,8-13H,2-3,6-7,23H2,1H3,(H,25,26)/t11?,12-,13+. The third-order valence-corrected chi connectivity index (χ3v) is 6.43. The van der Waals surface area contributed by atoms with Gasteiger partial charge >= 0.3 is 0 Å². The Kier molecular flexibility index (Phi) is 3.50. The molecule has 148 valence electrons. The number of nitrogens with one attached hydrogen (secondary N) is 1. The summed E-state index contributed by atoms with van der Waals surface area (Å²) in [7, 11) is 1.79. The molecule has 6 rings (SSSR count). The number of rotatable bonds is 2. The van der Waals surface area contributed by atoms with Crippen LogP contribution in [0.4, 0.5) is 10.2 Å². The van der Waals surface area contributed by atoms with E-state index in [1.54, 1.807) is 30.2 Å². The van der Waals surface area contributed by atoms with Gasteiger partial charge in [-0.15, -0.1) is 0 Å². The van der Waals surface area contributed by atoms with Crippen LogP contribution in [0.3, 0.4) is 0 Å². The van der Waals surface area contributed by atoms with Crippen molar-refractivity contribution in [3.8, 4) is 11.1 Å². The molecule has 1 unspecified atom stereocenters. The van der Waals surface area contributed by atoms with Crippen molar-refractivity contribution >= 4 is 27.9 Å². The average Bonchev–Trinajstić information content (AvgIpc) is 3.36. The largest absolute Gasteiger partial charge is 0.349 e. The van der Waals surface area contributed by atoms with Crippen LogP contribution in [0, 0.1) is 5.82 Å². The minimum Gasteiger partial charge on any atom is -0.349 e. The van der Waals surface area contributed by atoms with Crippen molar-refractivity contribution in [2.45, 2.75) is 43.8 Å². The van der Waals surface area contributed by atoms with E-state index in [1.165, 1.54) is 0 Å². The van der Waals surface area contributed by atoms with Crippen molar-refractivity contribution in [1.82, 2.24) is 24.7 Å². The lowest BCUT2D eigenvalue weighted by molar-refractivity contribution is 0.412. The first-order chi connectivity index (χ1) is 14.1. The maximum Gasteiger partial charge on any atom is 0.159 e. The fourth-order valence-electron chi connectivity index (χ4n) is 5.20. The molecule has 0 aliphatic carbocycles.